The van der Waals surface area contributed by atoms with Gasteiger partial charge in [-0.05, 0) is 30.5 Å². The van der Waals surface area contributed by atoms with Gasteiger partial charge in [0.15, 0.2) is 0 Å². The maximum Gasteiger partial charge on any atom is 0.306 e. The Kier molecular flexibility index (Phi) is 4.70. The number of likely N-dealkylation sites (tertiary alicyclic amines) is 1. The fraction of sp³-hybridized carbons (Fsp3) is 0.429. The zero-order valence-corrected chi connectivity index (χ0v) is 13.3. The van der Waals surface area contributed by atoms with E-state index in [1.54, 1.807) is 23.1 Å². The molecule has 0 spiro atoms. The summed E-state index contributed by atoms with van der Waals surface area (Å²) in [6.45, 7) is 2.75. The third-order valence-electron chi connectivity index (χ3n) is 3.67. The second-order valence-corrected chi connectivity index (χ2v) is 6.41. The van der Waals surface area contributed by atoms with Crippen molar-refractivity contribution in [2.24, 2.45) is 11.8 Å². The average molecular weight is 361 g/mol. The highest BCUT2D eigenvalue weighted by Gasteiger charge is 2.33. The molecule has 0 saturated carbocycles. The molecule has 0 aromatic heterocycles. The highest BCUT2D eigenvalue weighted by molar-refractivity contribution is 9.10. The van der Waals surface area contributed by atoms with E-state index in [1.165, 1.54) is 0 Å². The first-order valence-corrected chi connectivity index (χ1v) is 7.54. The van der Waals surface area contributed by atoms with Gasteiger partial charge in [0, 0.05) is 17.6 Å². The maximum atomic E-state index is 12.5. The summed E-state index contributed by atoms with van der Waals surface area (Å²) in [6.07, 6.45) is 0.480. The normalized spacial score (nSPS) is 22.6. The van der Waals surface area contributed by atoms with Gasteiger partial charge >= 0.3 is 5.97 Å². The largest absolute Gasteiger partial charge is 0.481 e. The van der Waals surface area contributed by atoms with Gasteiger partial charge in [-0.15, -0.1) is 0 Å². The van der Waals surface area contributed by atoms with E-state index in [1.807, 2.05) is 6.92 Å². The number of carbonyl (C=O) groups excluding carboxylic acids is 1. The monoisotopic (exact) mass is 359 g/mol. The predicted octanol–water partition coefficient (Wildman–Crippen LogP) is 3.29. The van der Waals surface area contributed by atoms with Crippen LogP contribution in [0.1, 0.15) is 23.7 Å². The number of piperidine rings is 1. The van der Waals surface area contributed by atoms with Crippen molar-refractivity contribution >= 4 is 39.4 Å². The van der Waals surface area contributed by atoms with E-state index >= 15 is 0 Å². The van der Waals surface area contributed by atoms with Crippen molar-refractivity contribution in [2.45, 2.75) is 13.3 Å². The van der Waals surface area contributed by atoms with Gasteiger partial charge in [-0.3, -0.25) is 9.59 Å². The third-order valence-corrected chi connectivity index (χ3v) is 4.49. The summed E-state index contributed by atoms with van der Waals surface area (Å²) in [7, 11) is 0. The SMILES string of the molecule is CC1CN(C(=O)c2cc(Br)ccc2Cl)CCC1C(=O)O. The standard InChI is InChI=1S/C14H15BrClNO3/c1-8-7-17(5-4-10(8)14(19)20)13(18)11-6-9(15)2-3-12(11)16/h2-3,6,8,10H,4-5,7H2,1H3,(H,19,20). The Balaban J connectivity index is 2.15. The van der Waals surface area contributed by atoms with Crippen LogP contribution in [0.3, 0.4) is 0 Å². The molecule has 1 aromatic rings. The third kappa shape index (κ3) is 3.15. The van der Waals surface area contributed by atoms with E-state index in [9.17, 15) is 9.59 Å². The van der Waals surface area contributed by atoms with Crippen LogP contribution in [-0.2, 0) is 4.79 Å². The van der Waals surface area contributed by atoms with Gasteiger partial charge in [-0.2, -0.15) is 0 Å². The summed E-state index contributed by atoms with van der Waals surface area (Å²) in [5, 5.41) is 9.51. The van der Waals surface area contributed by atoms with Crippen LogP contribution in [0.25, 0.3) is 0 Å². The molecule has 1 fully saturated rings. The molecule has 0 bridgehead atoms. The van der Waals surface area contributed by atoms with E-state index < -0.39 is 5.97 Å². The average Bonchev–Trinajstić information content (AvgIpc) is 2.40. The quantitative estimate of drug-likeness (QED) is 0.880. The molecule has 108 valence electrons. The Morgan fingerprint density at radius 2 is 2.15 bits per heavy atom. The van der Waals surface area contributed by atoms with Crippen LogP contribution in [0.2, 0.25) is 5.02 Å². The number of halogens is 2. The fourth-order valence-electron chi connectivity index (χ4n) is 2.53. The molecule has 1 saturated heterocycles. The van der Waals surface area contributed by atoms with E-state index in [-0.39, 0.29) is 17.7 Å². The Hall–Kier alpha value is -1.07. The van der Waals surface area contributed by atoms with E-state index in [4.69, 9.17) is 16.7 Å². The number of aliphatic carboxylic acids is 1. The van der Waals surface area contributed by atoms with Crippen molar-refractivity contribution in [3.8, 4) is 0 Å². The number of amides is 1. The first kappa shape index (κ1) is 15.3. The van der Waals surface area contributed by atoms with Crippen LogP contribution >= 0.6 is 27.5 Å². The van der Waals surface area contributed by atoms with E-state index in [2.05, 4.69) is 15.9 Å². The van der Waals surface area contributed by atoms with E-state index in [0.29, 0.717) is 30.1 Å². The van der Waals surface area contributed by atoms with Crippen molar-refractivity contribution < 1.29 is 14.7 Å². The molecule has 1 N–H and O–H groups in total. The summed E-state index contributed by atoms with van der Waals surface area (Å²) >= 11 is 9.39. The van der Waals surface area contributed by atoms with Crippen LogP contribution in [0.15, 0.2) is 22.7 Å². The van der Waals surface area contributed by atoms with Crippen LogP contribution in [0.4, 0.5) is 0 Å². The number of carboxylic acids is 1. The van der Waals surface area contributed by atoms with Crippen molar-refractivity contribution in [3.63, 3.8) is 0 Å². The van der Waals surface area contributed by atoms with Gasteiger partial charge in [-0.1, -0.05) is 34.5 Å². The minimum atomic E-state index is -0.787. The van der Waals surface area contributed by atoms with Gasteiger partial charge in [0.25, 0.3) is 5.91 Å². The van der Waals surface area contributed by atoms with Crippen LogP contribution in [0.5, 0.6) is 0 Å². The lowest BCUT2D eigenvalue weighted by molar-refractivity contribution is -0.145. The lowest BCUT2D eigenvalue weighted by Gasteiger charge is -2.35. The van der Waals surface area contributed by atoms with Gasteiger partial charge in [0.2, 0.25) is 0 Å². The second-order valence-electron chi connectivity index (χ2n) is 5.09. The van der Waals surface area contributed by atoms with Crippen LogP contribution < -0.4 is 0 Å². The van der Waals surface area contributed by atoms with Crippen LogP contribution in [-0.4, -0.2) is 35.0 Å². The number of carboxylic acid groups (broad SMARTS) is 1. The number of carbonyl (C=O) groups is 2. The molecule has 0 radical (unpaired) electrons. The zero-order chi connectivity index (χ0) is 14.9. The Morgan fingerprint density at radius 1 is 1.45 bits per heavy atom. The van der Waals surface area contributed by atoms with Crippen molar-refractivity contribution in [3.05, 3.63) is 33.3 Å². The fourth-order valence-corrected chi connectivity index (χ4v) is 3.09. The Morgan fingerprint density at radius 3 is 2.75 bits per heavy atom. The lowest BCUT2D eigenvalue weighted by Crippen LogP contribution is -2.45. The molecule has 1 aromatic carbocycles. The number of hydrogen-bond acceptors (Lipinski definition) is 2. The van der Waals surface area contributed by atoms with Crippen LogP contribution in [0, 0.1) is 11.8 Å². The first-order valence-electron chi connectivity index (χ1n) is 6.37. The molecule has 0 aliphatic carbocycles. The topological polar surface area (TPSA) is 57.6 Å². The molecule has 1 aliphatic rings. The summed E-state index contributed by atoms with van der Waals surface area (Å²) in [5.74, 6) is -1.37. The molecule has 2 rings (SSSR count). The second kappa shape index (κ2) is 6.14. The maximum absolute atomic E-state index is 12.5. The van der Waals surface area contributed by atoms with Gasteiger partial charge in [-0.25, -0.2) is 0 Å². The van der Waals surface area contributed by atoms with Gasteiger partial charge < -0.3 is 10.0 Å². The Bertz CT molecular complexity index is 549. The van der Waals surface area contributed by atoms with Gasteiger partial charge in [0.1, 0.15) is 0 Å². The number of hydrogen-bond donors (Lipinski definition) is 1. The minimum Gasteiger partial charge on any atom is -0.481 e. The van der Waals surface area contributed by atoms with Gasteiger partial charge in [0.05, 0.1) is 16.5 Å². The van der Waals surface area contributed by atoms with Crippen molar-refractivity contribution in [2.75, 3.05) is 13.1 Å². The summed E-state index contributed by atoms with van der Waals surface area (Å²) in [5.41, 5.74) is 0.446. The molecule has 1 amide bonds. The highest BCUT2D eigenvalue weighted by atomic mass is 79.9. The van der Waals surface area contributed by atoms with Crippen molar-refractivity contribution in [1.82, 2.24) is 4.90 Å². The zero-order valence-electron chi connectivity index (χ0n) is 11.0. The summed E-state index contributed by atoms with van der Waals surface area (Å²) < 4.78 is 0.790. The molecule has 2 atom stereocenters. The molecule has 2 unspecified atom stereocenters. The predicted molar refractivity (Wildman–Crippen MR) is 80.0 cm³/mol. The molecule has 1 heterocycles. The molecule has 20 heavy (non-hydrogen) atoms. The Labute approximate surface area is 130 Å². The number of benzene rings is 1. The lowest BCUT2D eigenvalue weighted by atomic mass is 9.87. The van der Waals surface area contributed by atoms with Crippen molar-refractivity contribution in [1.29, 1.82) is 0 Å². The molecular weight excluding hydrogens is 346 g/mol. The molecule has 4 nitrogen and oxygen atoms in total. The minimum absolute atomic E-state index is 0.0591. The summed E-state index contributed by atoms with van der Waals surface area (Å²) in [4.78, 5) is 25.2. The number of nitrogens with zero attached hydrogens (tertiary/aromatic N) is 1. The first-order chi connectivity index (χ1) is 9.40. The summed E-state index contributed by atoms with van der Waals surface area (Å²) in [6, 6.07) is 5.14. The molecule has 1 aliphatic heterocycles. The highest BCUT2D eigenvalue weighted by Crippen LogP contribution is 2.27. The molecular formula is C14H15BrClNO3. The smallest absolute Gasteiger partial charge is 0.306 e. The van der Waals surface area contributed by atoms with E-state index in [0.717, 1.165) is 4.47 Å². The number of rotatable bonds is 2. The molecule has 6 heteroatoms.